The van der Waals surface area contributed by atoms with Crippen molar-refractivity contribution in [3.63, 3.8) is 0 Å². The summed E-state index contributed by atoms with van der Waals surface area (Å²) in [4.78, 5) is 11.6. The minimum absolute atomic E-state index is 0.674. The van der Waals surface area contributed by atoms with E-state index in [9.17, 15) is 9.90 Å². The minimum atomic E-state index is -0.717. The first-order valence-electron chi connectivity index (χ1n) is 6.03. The molecule has 0 aliphatic heterocycles. The monoisotopic (exact) mass is 263 g/mol. The molecule has 18 heavy (non-hydrogen) atoms. The highest BCUT2D eigenvalue weighted by Crippen LogP contribution is 2.45. The Morgan fingerprint density at radius 1 is 1.39 bits per heavy atom. The van der Waals surface area contributed by atoms with E-state index in [4.69, 9.17) is 11.6 Å². The van der Waals surface area contributed by atoms with Crippen LogP contribution in [0.3, 0.4) is 0 Å². The molecule has 0 unspecified atom stereocenters. The third-order valence-electron chi connectivity index (χ3n) is 4.11. The number of halogens is 1. The number of fused-ring (bicyclic) bond motifs is 1. The summed E-state index contributed by atoms with van der Waals surface area (Å²) in [7, 11) is 1.91. The Bertz CT molecular complexity index is 641. The van der Waals surface area contributed by atoms with E-state index in [1.807, 2.05) is 35.9 Å². The topological polar surface area (TPSA) is 42.2 Å². The zero-order valence-corrected chi connectivity index (χ0v) is 10.9. The number of benzene rings is 1. The van der Waals surface area contributed by atoms with Gasteiger partial charge in [-0.2, -0.15) is 0 Å². The maximum Gasteiger partial charge on any atom is 0.315 e. The lowest BCUT2D eigenvalue weighted by atomic mass is 9.66. The lowest BCUT2D eigenvalue weighted by Crippen LogP contribution is -2.43. The second-order valence-corrected chi connectivity index (χ2v) is 5.47. The fourth-order valence-electron chi connectivity index (χ4n) is 2.87. The van der Waals surface area contributed by atoms with Gasteiger partial charge in [-0.25, -0.2) is 0 Å². The zero-order valence-electron chi connectivity index (χ0n) is 10.1. The summed E-state index contributed by atoms with van der Waals surface area (Å²) in [5.74, 6) is -0.717. The number of aryl methyl sites for hydroxylation is 1. The average molecular weight is 264 g/mol. The van der Waals surface area contributed by atoms with E-state index >= 15 is 0 Å². The average Bonchev–Trinajstić information content (AvgIpc) is 2.55. The first kappa shape index (κ1) is 11.6. The Labute approximate surface area is 110 Å². The predicted octanol–water partition coefficient (Wildman–Crippen LogP) is 3.34. The van der Waals surface area contributed by atoms with Crippen LogP contribution in [0.1, 0.15) is 25.0 Å². The molecule has 94 valence electrons. The molecular formula is C14H14ClNO2. The molecule has 1 heterocycles. The molecule has 1 aromatic carbocycles. The summed E-state index contributed by atoms with van der Waals surface area (Å²) in [6.07, 6.45) is 2.43. The van der Waals surface area contributed by atoms with Gasteiger partial charge < -0.3 is 9.67 Å². The van der Waals surface area contributed by atoms with E-state index < -0.39 is 11.4 Å². The molecule has 2 aromatic rings. The summed E-state index contributed by atoms with van der Waals surface area (Å²) in [5, 5.41) is 11.2. The fourth-order valence-corrected chi connectivity index (χ4v) is 3.04. The first-order valence-corrected chi connectivity index (χ1v) is 6.41. The second-order valence-electron chi connectivity index (χ2n) is 5.03. The van der Waals surface area contributed by atoms with E-state index in [0.717, 1.165) is 35.9 Å². The number of carboxylic acids is 1. The van der Waals surface area contributed by atoms with Crippen LogP contribution in [0.2, 0.25) is 5.02 Å². The van der Waals surface area contributed by atoms with E-state index in [0.29, 0.717) is 5.02 Å². The Kier molecular flexibility index (Phi) is 2.42. The Morgan fingerprint density at radius 2 is 2.11 bits per heavy atom. The van der Waals surface area contributed by atoms with Crippen molar-refractivity contribution in [2.24, 2.45) is 7.05 Å². The molecule has 1 N–H and O–H groups in total. The van der Waals surface area contributed by atoms with Crippen LogP contribution in [0.15, 0.2) is 24.3 Å². The van der Waals surface area contributed by atoms with Crippen molar-refractivity contribution >= 4 is 28.5 Å². The van der Waals surface area contributed by atoms with Crippen molar-refractivity contribution in [1.82, 2.24) is 4.57 Å². The van der Waals surface area contributed by atoms with Crippen LogP contribution in [0.5, 0.6) is 0 Å². The SMILES string of the molecule is Cn1c(C2(C(=O)O)CCC2)cc2ccc(Cl)cc21. The molecule has 0 amide bonds. The van der Waals surface area contributed by atoms with Crippen molar-refractivity contribution in [1.29, 1.82) is 0 Å². The van der Waals surface area contributed by atoms with E-state index in [1.165, 1.54) is 0 Å². The molecular weight excluding hydrogens is 250 g/mol. The molecule has 1 saturated carbocycles. The second kappa shape index (κ2) is 3.75. The first-order chi connectivity index (χ1) is 8.54. The molecule has 3 rings (SSSR count). The molecule has 0 radical (unpaired) electrons. The molecule has 3 nitrogen and oxygen atoms in total. The van der Waals surface area contributed by atoms with Crippen LogP contribution in [0.25, 0.3) is 10.9 Å². The Hall–Kier alpha value is -1.48. The molecule has 0 bridgehead atoms. The van der Waals surface area contributed by atoms with E-state index in [1.54, 1.807) is 0 Å². The molecule has 4 heteroatoms. The standard InChI is InChI=1S/C14H14ClNO2/c1-16-11-8-10(15)4-3-9(11)7-12(16)14(13(17)18)5-2-6-14/h3-4,7-8H,2,5-6H2,1H3,(H,17,18). The molecule has 0 atom stereocenters. The van der Waals surface area contributed by atoms with Gasteiger partial charge in [0, 0.05) is 23.3 Å². The van der Waals surface area contributed by atoms with Gasteiger partial charge in [0.05, 0.1) is 0 Å². The summed E-state index contributed by atoms with van der Waals surface area (Å²) in [6, 6.07) is 7.64. The third kappa shape index (κ3) is 1.40. The van der Waals surface area contributed by atoms with Gasteiger partial charge in [-0.15, -0.1) is 0 Å². The summed E-state index contributed by atoms with van der Waals surface area (Å²) < 4.78 is 1.97. The number of carbonyl (C=O) groups is 1. The van der Waals surface area contributed by atoms with Gasteiger partial charge in [0.25, 0.3) is 0 Å². The van der Waals surface area contributed by atoms with Crippen LogP contribution in [0, 0.1) is 0 Å². The van der Waals surface area contributed by atoms with Crippen LogP contribution >= 0.6 is 11.6 Å². The highest BCUT2D eigenvalue weighted by molar-refractivity contribution is 6.31. The van der Waals surface area contributed by atoms with E-state index in [2.05, 4.69) is 0 Å². The smallest absolute Gasteiger partial charge is 0.315 e. The lowest BCUT2D eigenvalue weighted by molar-refractivity contribution is -0.147. The van der Waals surface area contributed by atoms with Gasteiger partial charge in [-0.3, -0.25) is 4.79 Å². The van der Waals surface area contributed by atoms with Crippen LogP contribution in [0.4, 0.5) is 0 Å². The van der Waals surface area contributed by atoms with Gasteiger partial charge in [-0.05, 0) is 36.4 Å². The molecule has 1 aliphatic carbocycles. The highest BCUT2D eigenvalue weighted by Gasteiger charge is 2.47. The quantitative estimate of drug-likeness (QED) is 0.903. The lowest BCUT2D eigenvalue weighted by Gasteiger charge is -2.38. The van der Waals surface area contributed by atoms with Gasteiger partial charge in [0.15, 0.2) is 0 Å². The Balaban J connectivity index is 2.24. The van der Waals surface area contributed by atoms with Crippen molar-refractivity contribution in [3.8, 4) is 0 Å². The highest BCUT2D eigenvalue weighted by atomic mass is 35.5. The Morgan fingerprint density at radius 3 is 2.67 bits per heavy atom. The predicted molar refractivity (Wildman–Crippen MR) is 71.1 cm³/mol. The number of carboxylic acid groups (broad SMARTS) is 1. The van der Waals surface area contributed by atoms with Gasteiger partial charge in [0.1, 0.15) is 5.41 Å². The minimum Gasteiger partial charge on any atom is -0.481 e. The largest absolute Gasteiger partial charge is 0.481 e. The van der Waals surface area contributed by atoms with Crippen molar-refractivity contribution < 1.29 is 9.90 Å². The van der Waals surface area contributed by atoms with Crippen LogP contribution in [-0.4, -0.2) is 15.6 Å². The number of aromatic nitrogens is 1. The van der Waals surface area contributed by atoms with Crippen molar-refractivity contribution in [3.05, 3.63) is 35.0 Å². The third-order valence-corrected chi connectivity index (χ3v) is 4.35. The van der Waals surface area contributed by atoms with Crippen LogP contribution in [-0.2, 0) is 17.3 Å². The van der Waals surface area contributed by atoms with Gasteiger partial charge >= 0.3 is 5.97 Å². The van der Waals surface area contributed by atoms with Gasteiger partial charge in [-0.1, -0.05) is 24.1 Å². The van der Waals surface area contributed by atoms with Gasteiger partial charge in [0.2, 0.25) is 0 Å². The number of hydrogen-bond acceptors (Lipinski definition) is 1. The molecule has 1 aliphatic rings. The number of nitrogens with zero attached hydrogens (tertiary/aromatic N) is 1. The molecule has 0 spiro atoms. The zero-order chi connectivity index (χ0) is 12.9. The normalized spacial score (nSPS) is 17.7. The van der Waals surface area contributed by atoms with Crippen molar-refractivity contribution in [2.45, 2.75) is 24.7 Å². The number of rotatable bonds is 2. The fraction of sp³-hybridized carbons (Fsp3) is 0.357. The van der Waals surface area contributed by atoms with E-state index in [-0.39, 0.29) is 0 Å². The summed E-state index contributed by atoms with van der Waals surface area (Å²) in [6.45, 7) is 0. The van der Waals surface area contributed by atoms with Crippen molar-refractivity contribution in [2.75, 3.05) is 0 Å². The number of aliphatic carboxylic acids is 1. The summed E-state index contributed by atoms with van der Waals surface area (Å²) >= 11 is 5.99. The maximum atomic E-state index is 11.6. The van der Waals surface area contributed by atoms with Crippen LogP contribution < -0.4 is 0 Å². The number of hydrogen-bond donors (Lipinski definition) is 1. The molecule has 0 saturated heterocycles. The maximum absolute atomic E-state index is 11.6. The molecule has 1 aromatic heterocycles. The molecule has 1 fully saturated rings. The summed E-state index contributed by atoms with van der Waals surface area (Å²) in [5.41, 5.74) is 1.18.